The largest absolute Gasteiger partial charge is 0.374 e. The van der Waals surface area contributed by atoms with Crippen LogP contribution in [0.5, 0.6) is 0 Å². The molecular weight excluding hydrogens is 563 g/mol. The predicted molar refractivity (Wildman–Crippen MR) is 154 cm³/mol. The first-order chi connectivity index (χ1) is 17.3. The number of aromatic nitrogens is 1. The van der Waals surface area contributed by atoms with E-state index in [1.807, 2.05) is 24.0 Å². The van der Waals surface area contributed by atoms with Gasteiger partial charge in [-0.1, -0.05) is 125 Å². The van der Waals surface area contributed by atoms with Crippen LogP contribution in [0.1, 0.15) is 21.9 Å². The van der Waals surface area contributed by atoms with Gasteiger partial charge in [0.05, 0.1) is 18.0 Å². The molecule has 4 aromatic rings. The van der Waals surface area contributed by atoms with Crippen molar-refractivity contribution in [2.24, 2.45) is 0 Å². The predicted octanol–water partition coefficient (Wildman–Crippen LogP) is 7.42. The van der Waals surface area contributed by atoms with Crippen LogP contribution in [0.2, 0.25) is 0 Å². The average molecular weight is 593 g/mol. The third kappa shape index (κ3) is 6.33. The Hall–Kier alpha value is -2.19. The minimum Gasteiger partial charge on any atom is -0.374 e. The van der Waals surface area contributed by atoms with Crippen LogP contribution in [0.25, 0.3) is 11.1 Å². The maximum absolute atomic E-state index is 6.42. The molecule has 2 atom stereocenters. The Morgan fingerprint density at radius 1 is 0.886 bits per heavy atom. The van der Waals surface area contributed by atoms with Gasteiger partial charge in [-0.3, -0.25) is 4.90 Å². The van der Waals surface area contributed by atoms with Gasteiger partial charge in [0.1, 0.15) is 5.03 Å². The van der Waals surface area contributed by atoms with E-state index < -0.39 is 0 Å². The highest BCUT2D eigenvalue weighted by Crippen LogP contribution is 2.42. The van der Waals surface area contributed by atoms with Crippen LogP contribution in [0, 0.1) is 0 Å². The zero-order valence-corrected chi connectivity index (χ0v) is 22.6. The van der Waals surface area contributed by atoms with E-state index in [2.05, 4.69) is 118 Å². The second-order valence-electron chi connectivity index (χ2n) is 8.77. The van der Waals surface area contributed by atoms with Gasteiger partial charge >= 0.3 is 0 Å². The number of hydrogen-bond acceptors (Lipinski definition) is 4. The summed E-state index contributed by atoms with van der Waals surface area (Å²) in [5.74, 6) is 0. The van der Waals surface area contributed by atoms with Crippen molar-refractivity contribution in [2.75, 3.05) is 19.7 Å². The Bertz CT molecular complexity index is 1200. The van der Waals surface area contributed by atoms with E-state index in [4.69, 9.17) is 9.72 Å². The molecule has 178 valence electrons. The van der Waals surface area contributed by atoms with Crippen LogP contribution in [0.4, 0.5) is 0 Å². The first kappa shape index (κ1) is 24.5. The smallest absolute Gasteiger partial charge is 0.104 e. The highest BCUT2D eigenvalue weighted by atomic mass is 127. The van der Waals surface area contributed by atoms with E-state index in [1.165, 1.54) is 27.8 Å². The molecule has 2 heterocycles. The minimum absolute atomic E-state index is 0.0797. The molecule has 1 fully saturated rings. The lowest BCUT2D eigenvalue weighted by molar-refractivity contribution is -0.0320. The first-order valence-electron chi connectivity index (χ1n) is 12.0. The Labute approximate surface area is 226 Å². The maximum Gasteiger partial charge on any atom is 0.104 e. The van der Waals surface area contributed by atoms with Gasteiger partial charge in [-0.15, -0.1) is 0 Å². The standard InChI is InChI=1S/C30H29IN2OS/c31-20-23-13-15-25(16-14-23)27-12-7-17-32-30(27)35-29(26-10-5-2-6-11-26)28-22-33(18-19-34-28)21-24-8-3-1-4-9-24/h1-17,28-29H,18-22H2/t28-,29-/m0/s1. The zero-order chi connectivity index (χ0) is 23.9. The van der Waals surface area contributed by atoms with E-state index in [9.17, 15) is 0 Å². The van der Waals surface area contributed by atoms with Gasteiger partial charge in [-0.05, 0) is 28.3 Å². The topological polar surface area (TPSA) is 25.4 Å². The number of pyridine rings is 1. The normalized spacial score (nSPS) is 17.2. The number of nitrogens with zero attached hydrogens (tertiary/aromatic N) is 2. The van der Waals surface area contributed by atoms with Crippen LogP contribution in [-0.2, 0) is 15.7 Å². The van der Waals surface area contributed by atoms with Crippen LogP contribution in [0.15, 0.2) is 108 Å². The SMILES string of the molecule is ICc1ccc(-c2cccnc2S[C@@H](c2ccccc2)[C@@H]2CN(Cc3ccccc3)CCO2)cc1. The van der Waals surface area contributed by atoms with Gasteiger partial charge in [0.25, 0.3) is 0 Å². The van der Waals surface area contributed by atoms with Crippen molar-refractivity contribution < 1.29 is 4.74 Å². The van der Waals surface area contributed by atoms with Crippen LogP contribution < -0.4 is 0 Å². The first-order valence-corrected chi connectivity index (χ1v) is 14.4. The molecule has 1 aromatic heterocycles. The Morgan fingerprint density at radius 3 is 2.37 bits per heavy atom. The molecule has 0 amide bonds. The minimum atomic E-state index is 0.0797. The molecule has 0 aliphatic carbocycles. The molecule has 1 aliphatic heterocycles. The van der Waals surface area contributed by atoms with Crippen molar-refractivity contribution in [1.82, 2.24) is 9.88 Å². The van der Waals surface area contributed by atoms with E-state index in [1.54, 1.807) is 0 Å². The summed E-state index contributed by atoms with van der Waals surface area (Å²) in [6.45, 7) is 3.54. The number of morpholine rings is 1. The van der Waals surface area contributed by atoms with Crippen molar-refractivity contribution >= 4 is 34.4 Å². The average Bonchev–Trinajstić information content (AvgIpc) is 2.93. The highest BCUT2D eigenvalue weighted by Gasteiger charge is 2.31. The van der Waals surface area contributed by atoms with Gasteiger partial charge in [-0.2, -0.15) is 0 Å². The van der Waals surface area contributed by atoms with E-state index >= 15 is 0 Å². The molecule has 0 unspecified atom stereocenters. The van der Waals surface area contributed by atoms with Gasteiger partial charge < -0.3 is 4.74 Å². The van der Waals surface area contributed by atoms with Crippen molar-refractivity contribution in [1.29, 1.82) is 0 Å². The molecule has 35 heavy (non-hydrogen) atoms. The van der Waals surface area contributed by atoms with E-state index in [-0.39, 0.29) is 11.4 Å². The van der Waals surface area contributed by atoms with Gasteiger partial charge in [0, 0.05) is 35.8 Å². The second kappa shape index (κ2) is 12.2. The molecule has 0 N–H and O–H groups in total. The lowest BCUT2D eigenvalue weighted by Gasteiger charge is -2.37. The summed E-state index contributed by atoms with van der Waals surface area (Å²) in [5.41, 5.74) is 6.34. The summed E-state index contributed by atoms with van der Waals surface area (Å²) in [5, 5.41) is 1.20. The van der Waals surface area contributed by atoms with Crippen LogP contribution >= 0.6 is 34.4 Å². The lowest BCUT2D eigenvalue weighted by Crippen LogP contribution is -2.44. The molecule has 5 heteroatoms. The van der Waals surface area contributed by atoms with Crippen LogP contribution in [-0.4, -0.2) is 35.7 Å². The van der Waals surface area contributed by atoms with Crippen molar-refractivity contribution in [3.63, 3.8) is 0 Å². The Balaban J connectivity index is 1.42. The molecule has 0 radical (unpaired) electrons. The number of hydrogen-bond donors (Lipinski definition) is 0. The summed E-state index contributed by atoms with van der Waals surface area (Å²) >= 11 is 4.23. The number of alkyl halides is 1. The monoisotopic (exact) mass is 592 g/mol. The Morgan fingerprint density at radius 2 is 1.63 bits per heavy atom. The van der Waals surface area contributed by atoms with Gasteiger partial charge in [0.15, 0.2) is 0 Å². The summed E-state index contributed by atoms with van der Waals surface area (Å²) in [6, 6.07) is 34.5. The molecule has 1 aliphatic rings. The fourth-order valence-electron chi connectivity index (χ4n) is 4.50. The molecule has 0 saturated carbocycles. The molecule has 0 spiro atoms. The number of benzene rings is 3. The molecule has 3 aromatic carbocycles. The Kier molecular flexibility index (Phi) is 8.52. The molecule has 1 saturated heterocycles. The molecular formula is C30H29IN2OS. The second-order valence-corrected chi connectivity index (χ2v) is 10.7. The molecule has 5 rings (SSSR count). The number of rotatable bonds is 8. The number of thioether (sulfide) groups is 1. The third-order valence-electron chi connectivity index (χ3n) is 6.32. The van der Waals surface area contributed by atoms with Gasteiger partial charge in [0.2, 0.25) is 0 Å². The summed E-state index contributed by atoms with van der Waals surface area (Å²) < 4.78 is 7.43. The van der Waals surface area contributed by atoms with Crippen molar-refractivity contribution in [2.45, 2.75) is 27.4 Å². The van der Waals surface area contributed by atoms with Crippen LogP contribution in [0.3, 0.4) is 0 Å². The summed E-state index contributed by atoms with van der Waals surface area (Å²) in [4.78, 5) is 7.35. The zero-order valence-electron chi connectivity index (χ0n) is 19.6. The van der Waals surface area contributed by atoms with Crippen molar-refractivity contribution in [3.05, 3.63) is 120 Å². The summed E-state index contributed by atoms with van der Waals surface area (Å²) in [7, 11) is 0. The third-order valence-corrected chi connectivity index (χ3v) is 8.58. The lowest BCUT2D eigenvalue weighted by atomic mass is 10.1. The fraction of sp³-hybridized carbons (Fsp3) is 0.233. The fourth-order valence-corrected chi connectivity index (χ4v) is 6.29. The highest BCUT2D eigenvalue weighted by molar-refractivity contribution is 14.1. The summed E-state index contributed by atoms with van der Waals surface area (Å²) in [6.07, 6.45) is 1.98. The van der Waals surface area contributed by atoms with Crippen molar-refractivity contribution in [3.8, 4) is 11.1 Å². The van der Waals surface area contributed by atoms with E-state index in [0.717, 1.165) is 35.7 Å². The quantitative estimate of drug-likeness (QED) is 0.121. The molecule has 0 bridgehead atoms. The number of ether oxygens (including phenoxy) is 1. The number of halogens is 1. The molecule has 3 nitrogen and oxygen atoms in total. The van der Waals surface area contributed by atoms with E-state index in [0.29, 0.717) is 0 Å². The van der Waals surface area contributed by atoms with Gasteiger partial charge in [-0.25, -0.2) is 4.98 Å². The maximum atomic E-state index is 6.42.